The number of aromatic nitrogens is 2. The normalized spacial score (nSPS) is 15.1. The molecule has 3 aromatic rings. The lowest BCUT2D eigenvalue weighted by molar-refractivity contribution is -0.125. The predicted molar refractivity (Wildman–Crippen MR) is 111 cm³/mol. The van der Waals surface area contributed by atoms with Gasteiger partial charge >= 0.3 is 5.97 Å². The molecule has 2 aromatic carbocycles. The van der Waals surface area contributed by atoms with Crippen LogP contribution < -0.4 is 10.6 Å². The number of ether oxygens (including phenoxy) is 1. The Morgan fingerprint density at radius 2 is 1.83 bits per heavy atom. The van der Waals surface area contributed by atoms with Crippen LogP contribution in [0.1, 0.15) is 28.4 Å². The lowest BCUT2D eigenvalue weighted by Gasteiger charge is -2.24. The minimum absolute atomic E-state index is 0.0609. The molecule has 152 valence electrons. The van der Waals surface area contributed by atoms with Crippen molar-refractivity contribution in [1.29, 1.82) is 0 Å². The van der Waals surface area contributed by atoms with Gasteiger partial charge in [0.25, 0.3) is 0 Å². The molecule has 4 rings (SSSR count). The summed E-state index contributed by atoms with van der Waals surface area (Å²) < 4.78 is 6.31. The van der Waals surface area contributed by atoms with E-state index in [9.17, 15) is 14.4 Å². The van der Waals surface area contributed by atoms with Gasteiger partial charge in [-0.1, -0.05) is 42.5 Å². The van der Waals surface area contributed by atoms with Crippen molar-refractivity contribution in [2.75, 3.05) is 17.7 Å². The Morgan fingerprint density at radius 3 is 2.57 bits per heavy atom. The third-order valence-electron chi connectivity index (χ3n) is 5.02. The Labute approximate surface area is 172 Å². The maximum Gasteiger partial charge on any atom is 0.339 e. The number of anilines is 2. The van der Waals surface area contributed by atoms with E-state index in [0.29, 0.717) is 17.2 Å². The maximum atomic E-state index is 13.1. The van der Waals surface area contributed by atoms with Crippen molar-refractivity contribution < 1.29 is 19.1 Å². The number of nitrogens with zero attached hydrogens (tertiary/aromatic N) is 2. The molecule has 1 aliphatic rings. The highest BCUT2D eigenvalue weighted by Crippen LogP contribution is 2.34. The Morgan fingerprint density at radius 1 is 1.13 bits per heavy atom. The first-order chi connectivity index (χ1) is 14.5. The third-order valence-corrected chi connectivity index (χ3v) is 5.02. The molecule has 0 radical (unpaired) electrons. The van der Waals surface area contributed by atoms with E-state index in [4.69, 9.17) is 4.74 Å². The molecule has 0 unspecified atom stereocenters. The number of hydrogen-bond donors (Lipinski definition) is 2. The first-order valence-electron chi connectivity index (χ1n) is 9.42. The van der Waals surface area contributed by atoms with Gasteiger partial charge in [-0.15, -0.1) is 0 Å². The van der Waals surface area contributed by atoms with Gasteiger partial charge in [0.15, 0.2) is 0 Å². The molecule has 2 N–H and O–H groups in total. The smallest absolute Gasteiger partial charge is 0.339 e. The van der Waals surface area contributed by atoms with E-state index in [-0.39, 0.29) is 17.9 Å². The number of carbonyl (C=O) groups is 3. The summed E-state index contributed by atoms with van der Waals surface area (Å²) in [6.07, 6.45) is -0.0609. The molecule has 2 heterocycles. The number of benzene rings is 2. The van der Waals surface area contributed by atoms with Gasteiger partial charge in [-0.3, -0.25) is 9.59 Å². The maximum absolute atomic E-state index is 13.1. The van der Waals surface area contributed by atoms with Crippen molar-refractivity contribution in [3.63, 3.8) is 0 Å². The molecule has 0 saturated heterocycles. The molecule has 1 atom stereocenters. The van der Waals surface area contributed by atoms with Gasteiger partial charge in [-0.2, -0.15) is 5.10 Å². The topological polar surface area (TPSA) is 102 Å². The summed E-state index contributed by atoms with van der Waals surface area (Å²) >= 11 is 0. The van der Waals surface area contributed by atoms with Crippen LogP contribution in [0.3, 0.4) is 0 Å². The number of fused-ring (bicyclic) bond motifs is 1. The van der Waals surface area contributed by atoms with Gasteiger partial charge in [0.2, 0.25) is 11.8 Å². The Balaban J connectivity index is 1.70. The van der Waals surface area contributed by atoms with Crippen LogP contribution in [-0.2, 0) is 14.3 Å². The van der Waals surface area contributed by atoms with Gasteiger partial charge < -0.3 is 15.4 Å². The molecule has 1 aliphatic heterocycles. The Hall–Kier alpha value is -3.94. The fourth-order valence-electron chi connectivity index (χ4n) is 3.51. The van der Waals surface area contributed by atoms with Crippen LogP contribution in [0.15, 0.2) is 54.6 Å². The molecule has 0 saturated carbocycles. The summed E-state index contributed by atoms with van der Waals surface area (Å²) in [6.45, 7) is 1.86. The molecule has 0 bridgehead atoms. The van der Waals surface area contributed by atoms with Gasteiger partial charge in [-0.05, 0) is 19.1 Å². The van der Waals surface area contributed by atoms with E-state index in [1.54, 1.807) is 24.3 Å². The zero-order valence-electron chi connectivity index (χ0n) is 16.5. The van der Waals surface area contributed by atoms with E-state index in [0.717, 1.165) is 11.1 Å². The van der Waals surface area contributed by atoms with Gasteiger partial charge in [0, 0.05) is 11.1 Å². The van der Waals surface area contributed by atoms with Crippen LogP contribution in [0.4, 0.5) is 11.5 Å². The molecule has 30 heavy (non-hydrogen) atoms. The van der Waals surface area contributed by atoms with E-state index in [2.05, 4.69) is 15.7 Å². The molecule has 0 aliphatic carbocycles. The summed E-state index contributed by atoms with van der Waals surface area (Å²) in [5.41, 5.74) is 2.91. The second kappa shape index (κ2) is 7.82. The zero-order valence-corrected chi connectivity index (χ0v) is 16.5. The number of hydrogen-bond acceptors (Lipinski definition) is 5. The van der Waals surface area contributed by atoms with Crippen LogP contribution in [0, 0.1) is 6.92 Å². The predicted octanol–water partition coefficient (Wildman–Crippen LogP) is 3.17. The SMILES string of the molecule is COC(=O)c1ccccc1NC(=O)[C@@H]1CC(=O)Nc2c(C)c(-c3ccccc3)nn21. The fourth-order valence-corrected chi connectivity index (χ4v) is 3.51. The minimum atomic E-state index is -0.851. The van der Waals surface area contributed by atoms with E-state index < -0.39 is 17.9 Å². The zero-order chi connectivity index (χ0) is 21.3. The minimum Gasteiger partial charge on any atom is -0.465 e. The quantitative estimate of drug-likeness (QED) is 0.651. The highest BCUT2D eigenvalue weighted by molar-refractivity contribution is 6.05. The molecular formula is C22H20N4O4. The third kappa shape index (κ3) is 3.43. The van der Waals surface area contributed by atoms with Crippen LogP contribution >= 0.6 is 0 Å². The van der Waals surface area contributed by atoms with Crippen LogP contribution in [0.2, 0.25) is 0 Å². The van der Waals surface area contributed by atoms with Gasteiger partial charge in [0.05, 0.1) is 30.5 Å². The summed E-state index contributed by atoms with van der Waals surface area (Å²) in [4.78, 5) is 37.4. The molecule has 8 nitrogen and oxygen atoms in total. The van der Waals surface area contributed by atoms with E-state index in [1.165, 1.54) is 11.8 Å². The average Bonchev–Trinajstić information content (AvgIpc) is 3.10. The molecule has 1 aromatic heterocycles. The fraction of sp³-hybridized carbons (Fsp3) is 0.182. The highest BCUT2D eigenvalue weighted by atomic mass is 16.5. The number of amides is 2. The summed E-state index contributed by atoms with van der Waals surface area (Å²) in [6, 6.07) is 15.3. The van der Waals surface area contributed by atoms with Crippen molar-refractivity contribution in [2.45, 2.75) is 19.4 Å². The largest absolute Gasteiger partial charge is 0.465 e. The first kappa shape index (κ1) is 19.4. The summed E-state index contributed by atoms with van der Waals surface area (Å²) in [5.74, 6) is -0.781. The lowest BCUT2D eigenvalue weighted by atomic mass is 10.1. The number of rotatable bonds is 4. The highest BCUT2D eigenvalue weighted by Gasteiger charge is 2.34. The number of nitrogens with one attached hydrogen (secondary N) is 2. The van der Waals surface area contributed by atoms with Gasteiger partial charge in [-0.25, -0.2) is 9.48 Å². The van der Waals surface area contributed by atoms with Crippen LogP contribution in [0.5, 0.6) is 0 Å². The van der Waals surface area contributed by atoms with Crippen molar-refractivity contribution in [1.82, 2.24) is 9.78 Å². The Bertz CT molecular complexity index is 1140. The van der Waals surface area contributed by atoms with E-state index in [1.807, 2.05) is 37.3 Å². The van der Waals surface area contributed by atoms with Crippen molar-refractivity contribution in [3.8, 4) is 11.3 Å². The molecule has 2 amide bonds. The molecular weight excluding hydrogens is 384 g/mol. The molecule has 0 spiro atoms. The first-order valence-corrected chi connectivity index (χ1v) is 9.42. The van der Waals surface area contributed by atoms with Crippen LogP contribution in [-0.4, -0.2) is 34.7 Å². The molecule has 0 fully saturated rings. The summed E-state index contributed by atoms with van der Waals surface area (Å²) in [7, 11) is 1.27. The second-order valence-corrected chi connectivity index (χ2v) is 6.93. The number of carbonyl (C=O) groups excluding carboxylic acids is 3. The summed E-state index contributed by atoms with van der Waals surface area (Å²) in [5, 5.41) is 10.2. The van der Waals surface area contributed by atoms with Crippen molar-refractivity contribution >= 4 is 29.3 Å². The standard InChI is InChI=1S/C22H20N4O4/c1-13-19(14-8-4-3-5-9-14)25-26-17(12-18(27)24-20(13)26)21(28)23-16-11-7-6-10-15(16)22(29)30-2/h3-11,17H,12H2,1-2H3,(H,23,28)(H,24,27)/t17-/m0/s1. The molecule has 8 heteroatoms. The average molecular weight is 404 g/mol. The monoisotopic (exact) mass is 404 g/mol. The lowest BCUT2D eigenvalue weighted by Crippen LogP contribution is -2.36. The van der Waals surface area contributed by atoms with Gasteiger partial charge in [0.1, 0.15) is 11.9 Å². The van der Waals surface area contributed by atoms with E-state index >= 15 is 0 Å². The number of esters is 1. The second-order valence-electron chi connectivity index (χ2n) is 6.93. The number of para-hydroxylation sites is 1. The van der Waals surface area contributed by atoms with Crippen molar-refractivity contribution in [2.24, 2.45) is 0 Å². The van der Waals surface area contributed by atoms with Crippen LogP contribution in [0.25, 0.3) is 11.3 Å². The Kier molecular flexibility index (Phi) is 5.05. The number of methoxy groups -OCH3 is 1. The van der Waals surface area contributed by atoms with Crippen molar-refractivity contribution in [3.05, 3.63) is 65.7 Å².